The van der Waals surface area contributed by atoms with Crippen molar-refractivity contribution >= 4 is 28.2 Å². The van der Waals surface area contributed by atoms with Gasteiger partial charge in [0.05, 0.1) is 40.6 Å². The van der Waals surface area contributed by atoms with Crippen molar-refractivity contribution in [1.29, 1.82) is 0 Å². The maximum Gasteiger partial charge on any atom is 0.178 e. The third-order valence-electron chi connectivity index (χ3n) is 13.5. The van der Waals surface area contributed by atoms with Crippen LogP contribution in [0.1, 0.15) is 54.5 Å². The minimum atomic E-state index is -0.915. The molecular weight excluding hydrogens is 733 g/mol. The number of benzene rings is 6. The van der Waals surface area contributed by atoms with Crippen LogP contribution in [0.5, 0.6) is 17.2 Å². The summed E-state index contributed by atoms with van der Waals surface area (Å²) >= 11 is 0. The zero-order chi connectivity index (χ0) is 40.1. The van der Waals surface area contributed by atoms with Crippen LogP contribution < -0.4 is 24.0 Å². The summed E-state index contributed by atoms with van der Waals surface area (Å²) in [5.74, 6) is 2.23. The van der Waals surface area contributed by atoms with Gasteiger partial charge in [0.1, 0.15) is 5.75 Å². The lowest BCUT2D eigenvalue weighted by molar-refractivity contribution is 0.122. The summed E-state index contributed by atoms with van der Waals surface area (Å²) in [5, 5.41) is 2.10. The first-order valence-electron chi connectivity index (χ1n) is 21.2. The van der Waals surface area contributed by atoms with Crippen molar-refractivity contribution in [2.75, 3.05) is 76.6 Å². The smallest absolute Gasteiger partial charge is 0.178 e. The number of anilines is 2. The van der Waals surface area contributed by atoms with Crippen molar-refractivity contribution in [3.05, 3.63) is 143 Å². The molecule has 0 bridgehead atoms. The van der Waals surface area contributed by atoms with E-state index in [-0.39, 0.29) is 5.41 Å². The average Bonchev–Trinajstić information content (AvgIpc) is 3.62. The lowest BCUT2D eigenvalue weighted by Crippen LogP contribution is -2.37. The molecule has 59 heavy (non-hydrogen) atoms. The number of hydrogen-bond donors (Lipinski definition) is 0. The van der Waals surface area contributed by atoms with Gasteiger partial charge in [0, 0.05) is 65.0 Å². The summed E-state index contributed by atoms with van der Waals surface area (Å²) in [6, 6.07) is 40.0. The van der Waals surface area contributed by atoms with Gasteiger partial charge in [-0.3, -0.25) is 0 Å². The van der Waals surface area contributed by atoms with E-state index in [4.69, 9.17) is 23.7 Å². The molecule has 0 N–H and O–H groups in total. The van der Waals surface area contributed by atoms with Gasteiger partial charge >= 0.3 is 0 Å². The van der Waals surface area contributed by atoms with E-state index in [0.717, 1.165) is 98.7 Å². The molecule has 2 saturated heterocycles. The minimum absolute atomic E-state index is 0.242. The van der Waals surface area contributed by atoms with E-state index >= 15 is 0 Å². The molecule has 2 fully saturated rings. The molecule has 0 amide bonds. The summed E-state index contributed by atoms with van der Waals surface area (Å²) in [6.07, 6.45) is 6.56. The Kier molecular flexibility index (Phi) is 9.61. The highest BCUT2D eigenvalue weighted by molar-refractivity contribution is 6.10. The van der Waals surface area contributed by atoms with Crippen LogP contribution in [-0.4, -0.2) is 66.8 Å². The van der Waals surface area contributed by atoms with Crippen LogP contribution in [0, 0.1) is 0 Å². The van der Waals surface area contributed by atoms with Crippen molar-refractivity contribution in [1.82, 2.24) is 0 Å². The Morgan fingerprint density at radius 2 is 1.17 bits per heavy atom. The number of methoxy groups -OCH3 is 2. The fourth-order valence-corrected chi connectivity index (χ4v) is 10.3. The van der Waals surface area contributed by atoms with E-state index in [0.29, 0.717) is 11.5 Å². The second-order valence-electron chi connectivity index (χ2n) is 16.1. The van der Waals surface area contributed by atoms with Crippen molar-refractivity contribution in [3.63, 3.8) is 0 Å². The standard InChI is InChI=1S/C52H52N2O5/c1-5-51(6-2)45-32-36(35-10-8-7-9-11-35)12-21-41(45)48-43-33-46(55-3)47(56-4)34-44(43)50-42(49(48)51)22-23-52(59-50,37-13-17-39(18-14-37)53-24-28-57-29-25-53)38-15-19-40(20-16-38)54-26-30-58-31-27-54/h7-23,32-34H,5-6,24-31H2,1-4H3. The molecule has 3 heterocycles. The maximum atomic E-state index is 7.80. The molecule has 0 aromatic heterocycles. The van der Waals surface area contributed by atoms with Gasteiger partial charge < -0.3 is 33.5 Å². The first-order chi connectivity index (χ1) is 29.0. The van der Waals surface area contributed by atoms with E-state index in [1.807, 2.05) is 0 Å². The molecule has 6 aromatic rings. The Morgan fingerprint density at radius 3 is 1.71 bits per heavy atom. The molecule has 7 nitrogen and oxygen atoms in total. The van der Waals surface area contributed by atoms with Gasteiger partial charge in [-0.25, -0.2) is 0 Å². The molecule has 4 aliphatic rings. The molecule has 300 valence electrons. The Morgan fingerprint density at radius 1 is 0.610 bits per heavy atom. The summed E-state index contributed by atoms with van der Waals surface area (Å²) in [4.78, 5) is 4.80. The molecular formula is C52H52N2O5. The molecule has 7 heteroatoms. The number of ether oxygens (including phenoxy) is 5. The highest BCUT2D eigenvalue weighted by Crippen LogP contribution is 2.61. The van der Waals surface area contributed by atoms with Crippen LogP contribution in [0.25, 0.3) is 39.1 Å². The predicted octanol–water partition coefficient (Wildman–Crippen LogP) is 10.6. The first kappa shape index (κ1) is 37.5. The quantitative estimate of drug-likeness (QED) is 0.145. The highest BCUT2D eigenvalue weighted by Gasteiger charge is 2.47. The zero-order valence-electron chi connectivity index (χ0n) is 34.6. The van der Waals surface area contributed by atoms with Crippen molar-refractivity contribution in [3.8, 4) is 39.5 Å². The summed E-state index contributed by atoms with van der Waals surface area (Å²) < 4.78 is 31.2. The third-order valence-corrected chi connectivity index (χ3v) is 13.5. The predicted molar refractivity (Wildman–Crippen MR) is 239 cm³/mol. The number of fused-ring (bicyclic) bond motifs is 8. The fourth-order valence-electron chi connectivity index (χ4n) is 10.3. The van der Waals surface area contributed by atoms with Crippen LogP contribution >= 0.6 is 0 Å². The van der Waals surface area contributed by atoms with Crippen LogP contribution in [0.3, 0.4) is 0 Å². The van der Waals surface area contributed by atoms with E-state index in [9.17, 15) is 0 Å². The summed E-state index contributed by atoms with van der Waals surface area (Å²) in [7, 11) is 3.43. The Bertz CT molecular complexity index is 2470. The van der Waals surface area contributed by atoms with Crippen molar-refractivity contribution in [2.45, 2.75) is 37.7 Å². The van der Waals surface area contributed by atoms with Crippen LogP contribution in [0.15, 0.2) is 115 Å². The number of rotatable bonds is 9. The topological polar surface area (TPSA) is 52.6 Å². The third kappa shape index (κ3) is 6.00. The molecule has 6 aromatic carbocycles. The average molecular weight is 785 g/mol. The number of hydrogen-bond acceptors (Lipinski definition) is 7. The summed E-state index contributed by atoms with van der Waals surface area (Å²) in [5.41, 5.74) is 12.2. The second kappa shape index (κ2) is 15.1. The number of nitrogens with zero attached hydrogens (tertiary/aromatic N) is 2. The second-order valence-corrected chi connectivity index (χ2v) is 16.1. The van der Waals surface area contributed by atoms with Crippen LogP contribution in [0.4, 0.5) is 11.4 Å². The van der Waals surface area contributed by atoms with Gasteiger partial charge in [-0.05, 0) is 100 Å². The normalized spacial score (nSPS) is 17.6. The SMILES string of the molecule is CCC1(CC)c2cc(-c3ccccc3)ccc2-c2c1c1c(c3cc(OC)c(OC)cc23)OC(c2ccc(N3CCOCC3)cc2)(c2ccc(N3CCOCC3)cc2)C=C1. The highest BCUT2D eigenvalue weighted by atomic mass is 16.5. The van der Waals surface area contributed by atoms with Gasteiger partial charge in [-0.15, -0.1) is 0 Å². The largest absolute Gasteiger partial charge is 0.493 e. The van der Waals surface area contributed by atoms with Crippen LogP contribution in [-0.2, 0) is 20.5 Å². The number of morpholine rings is 2. The van der Waals surface area contributed by atoms with Gasteiger partial charge in [-0.1, -0.05) is 86.7 Å². The molecule has 10 rings (SSSR count). The van der Waals surface area contributed by atoms with Gasteiger partial charge in [0.15, 0.2) is 17.1 Å². The molecule has 0 atom stereocenters. The molecule has 0 saturated carbocycles. The van der Waals surface area contributed by atoms with Crippen molar-refractivity contribution in [2.24, 2.45) is 0 Å². The van der Waals surface area contributed by atoms with E-state index in [2.05, 4.69) is 145 Å². The lowest BCUT2D eigenvalue weighted by Gasteiger charge is -2.40. The lowest BCUT2D eigenvalue weighted by atomic mass is 9.70. The minimum Gasteiger partial charge on any atom is -0.493 e. The molecule has 3 aliphatic heterocycles. The van der Waals surface area contributed by atoms with E-state index in [1.54, 1.807) is 14.2 Å². The van der Waals surface area contributed by atoms with Gasteiger partial charge in [0.2, 0.25) is 0 Å². The van der Waals surface area contributed by atoms with Crippen molar-refractivity contribution < 1.29 is 23.7 Å². The zero-order valence-corrected chi connectivity index (χ0v) is 34.6. The molecule has 1 aliphatic carbocycles. The van der Waals surface area contributed by atoms with Gasteiger partial charge in [-0.2, -0.15) is 0 Å². The molecule has 0 spiro atoms. The van der Waals surface area contributed by atoms with Crippen LogP contribution in [0.2, 0.25) is 0 Å². The molecule has 0 radical (unpaired) electrons. The van der Waals surface area contributed by atoms with E-state index < -0.39 is 5.60 Å². The Labute approximate surface area is 347 Å². The summed E-state index contributed by atoms with van der Waals surface area (Å²) in [6.45, 7) is 11.2. The first-order valence-corrected chi connectivity index (χ1v) is 21.2. The van der Waals surface area contributed by atoms with Gasteiger partial charge in [0.25, 0.3) is 0 Å². The fraction of sp³-hybridized carbons (Fsp3) is 0.308. The Balaban J connectivity index is 1.20. The Hall–Kier alpha value is -5.76. The maximum absolute atomic E-state index is 7.80. The van der Waals surface area contributed by atoms with E-state index in [1.165, 1.54) is 44.8 Å². The monoisotopic (exact) mass is 784 g/mol. The molecule has 0 unspecified atom stereocenters.